The van der Waals surface area contributed by atoms with Gasteiger partial charge in [0.2, 0.25) is 6.79 Å². The van der Waals surface area contributed by atoms with Gasteiger partial charge < -0.3 is 25.5 Å². The molecule has 1 fully saturated rings. The normalized spacial score (nSPS) is 14.1. The number of aliphatic hydroxyl groups excluding tert-OH is 1. The van der Waals surface area contributed by atoms with Crippen LogP contribution in [0, 0.1) is 0 Å². The van der Waals surface area contributed by atoms with Gasteiger partial charge in [-0.2, -0.15) is 0 Å². The van der Waals surface area contributed by atoms with E-state index in [0.717, 1.165) is 57.9 Å². The van der Waals surface area contributed by atoms with Crippen LogP contribution >= 0.6 is 12.6 Å². The van der Waals surface area contributed by atoms with Crippen molar-refractivity contribution >= 4 is 18.4 Å². The molecule has 6 nitrogen and oxygen atoms in total. The molecule has 3 aromatic carbocycles. The number of fused-ring (bicyclic) bond motifs is 1. The van der Waals surface area contributed by atoms with E-state index in [4.69, 9.17) is 14.6 Å². The average molecular weight is 487 g/mol. The predicted molar refractivity (Wildman–Crippen MR) is 138 cm³/mol. The van der Waals surface area contributed by atoms with Crippen molar-refractivity contribution in [2.24, 2.45) is 0 Å². The number of rotatable bonds is 6. The molecule has 5 N–H and O–H groups in total. The number of carbonyl (C=O) groups excluding carboxylic acids is 1. The van der Waals surface area contributed by atoms with E-state index in [1.165, 1.54) is 0 Å². The second-order valence-corrected chi connectivity index (χ2v) is 8.74. The first-order valence-electron chi connectivity index (χ1n) is 11.0. The molecule has 5 rings (SSSR count). The fourth-order valence-corrected chi connectivity index (χ4v) is 4.07. The van der Waals surface area contributed by atoms with E-state index in [9.17, 15) is 4.79 Å². The molecular formula is C27H34O6S. The monoisotopic (exact) mass is 486 g/mol. The highest BCUT2D eigenvalue weighted by Crippen LogP contribution is 2.51. The number of Topliss-reactive ketones (excluding diaryl/α,β-unsaturated/α-hetero) is 1. The molecule has 34 heavy (non-hydrogen) atoms. The summed E-state index contributed by atoms with van der Waals surface area (Å²) in [5.74, 6) is 1.77. The van der Waals surface area contributed by atoms with Crippen molar-refractivity contribution < 1.29 is 31.8 Å². The number of carbonyl (C=O) groups is 1. The highest BCUT2D eigenvalue weighted by Gasteiger charge is 2.50. The quantitative estimate of drug-likeness (QED) is 0.508. The summed E-state index contributed by atoms with van der Waals surface area (Å²) in [6.07, 6.45) is 3.11. The largest absolute Gasteiger partial charge is 0.454 e. The van der Waals surface area contributed by atoms with E-state index in [-0.39, 0.29) is 30.4 Å². The van der Waals surface area contributed by atoms with Gasteiger partial charge in [0.05, 0.1) is 5.41 Å². The van der Waals surface area contributed by atoms with Crippen molar-refractivity contribution in [2.75, 3.05) is 13.4 Å². The first-order valence-corrected chi connectivity index (χ1v) is 11.4. The van der Waals surface area contributed by atoms with Crippen LogP contribution in [0.1, 0.15) is 38.7 Å². The Kier molecular flexibility index (Phi) is 9.70. The maximum atomic E-state index is 13.2. The summed E-state index contributed by atoms with van der Waals surface area (Å²) in [4.78, 5) is 14.1. The fraction of sp³-hybridized carbons (Fsp3) is 0.296. The van der Waals surface area contributed by atoms with E-state index in [1.807, 2.05) is 49.4 Å². The summed E-state index contributed by atoms with van der Waals surface area (Å²) in [5, 5.41) is 7.88. The zero-order chi connectivity index (χ0) is 22.6. The van der Waals surface area contributed by atoms with Gasteiger partial charge in [0.1, 0.15) is 5.78 Å². The summed E-state index contributed by atoms with van der Waals surface area (Å²) in [5.41, 5.74) is 3.97. The summed E-state index contributed by atoms with van der Waals surface area (Å²) >= 11 is 4.35. The van der Waals surface area contributed by atoms with Crippen LogP contribution < -0.4 is 9.47 Å². The minimum Gasteiger partial charge on any atom is -0.454 e. The van der Waals surface area contributed by atoms with E-state index >= 15 is 0 Å². The molecule has 0 aromatic heterocycles. The van der Waals surface area contributed by atoms with E-state index in [2.05, 4.69) is 36.9 Å². The van der Waals surface area contributed by atoms with Crippen LogP contribution in [0.15, 0.2) is 71.6 Å². The summed E-state index contributed by atoms with van der Waals surface area (Å²) in [6, 6.07) is 22.2. The number of hydrogen-bond donors (Lipinski definition) is 2. The van der Waals surface area contributed by atoms with Gasteiger partial charge in [-0.1, -0.05) is 49.4 Å². The Morgan fingerprint density at radius 3 is 2.29 bits per heavy atom. The number of aliphatic hydroxyl groups is 1. The Balaban J connectivity index is 0.000000817. The lowest BCUT2D eigenvalue weighted by atomic mass is 9.87. The molecule has 7 heteroatoms. The van der Waals surface area contributed by atoms with Gasteiger partial charge in [-0.15, -0.1) is 12.6 Å². The van der Waals surface area contributed by atoms with Crippen molar-refractivity contribution in [1.29, 1.82) is 0 Å². The van der Waals surface area contributed by atoms with Gasteiger partial charge in [-0.25, -0.2) is 0 Å². The zero-order valence-electron chi connectivity index (χ0n) is 19.2. The van der Waals surface area contributed by atoms with Crippen LogP contribution in [0.5, 0.6) is 11.5 Å². The highest BCUT2D eigenvalue weighted by atomic mass is 32.1. The van der Waals surface area contributed by atoms with Gasteiger partial charge in [0, 0.05) is 19.3 Å². The molecule has 184 valence electrons. The molecule has 0 saturated heterocycles. The number of benzene rings is 3. The molecule has 0 spiro atoms. The first-order chi connectivity index (χ1) is 15.6. The Hall–Kier alpha value is -2.84. The topological polar surface area (TPSA) is 119 Å². The van der Waals surface area contributed by atoms with Gasteiger partial charge in [-0.05, 0) is 65.8 Å². The summed E-state index contributed by atoms with van der Waals surface area (Å²) < 4.78 is 10.9. The lowest BCUT2D eigenvalue weighted by molar-refractivity contribution is -0.120. The molecular weight excluding hydrogens is 452 g/mol. The average Bonchev–Trinajstić information content (AvgIpc) is 3.51. The smallest absolute Gasteiger partial charge is 0.231 e. The Morgan fingerprint density at radius 2 is 1.65 bits per heavy atom. The van der Waals surface area contributed by atoms with Crippen molar-refractivity contribution in [3.8, 4) is 22.6 Å². The lowest BCUT2D eigenvalue weighted by Gasteiger charge is -2.15. The Bertz CT molecular complexity index is 1100. The van der Waals surface area contributed by atoms with Crippen LogP contribution in [0.2, 0.25) is 0 Å². The second-order valence-electron chi connectivity index (χ2n) is 8.22. The van der Waals surface area contributed by atoms with Crippen molar-refractivity contribution in [3.05, 3.63) is 77.9 Å². The standard InChI is InChI=1S/C24H20O3S.C3H8O.2H2O.H2/c25-23(24(10-11-24)19-6-9-21-22(14-19)27-15-26-21)13-16-2-1-3-18(12-16)17-4-7-20(28)8-5-17;1-2-3-4;;;/h1-9,12,14,28H,10-11,13,15H2;4H,2-3H2,1H3;2*1H2;1H. The van der Waals surface area contributed by atoms with Gasteiger partial charge >= 0.3 is 0 Å². The lowest BCUT2D eigenvalue weighted by Crippen LogP contribution is -2.22. The van der Waals surface area contributed by atoms with Crippen molar-refractivity contribution in [3.63, 3.8) is 0 Å². The van der Waals surface area contributed by atoms with E-state index in [0.29, 0.717) is 13.0 Å². The number of ketones is 1. The van der Waals surface area contributed by atoms with Crippen LogP contribution in [-0.4, -0.2) is 35.2 Å². The van der Waals surface area contributed by atoms with Crippen molar-refractivity contribution in [2.45, 2.75) is 42.9 Å². The van der Waals surface area contributed by atoms with Crippen LogP contribution in [0.25, 0.3) is 11.1 Å². The van der Waals surface area contributed by atoms with Crippen LogP contribution in [-0.2, 0) is 16.6 Å². The number of ether oxygens (including phenoxy) is 2. The first kappa shape index (κ1) is 27.4. The minimum atomic E-state index is -0.370. The van der Waals surface area contributed by atoms with Gasteiger partial charge in [-0.3, -0.25) is 4.79 Å². The summed E-state index contributed by atoms with van der Waals surface area (Å²) in [6.45, 7) is 2.50. The van der Waals surface area contributed by atoms with E-state index < -0.39 is 0 Å². The third-order valence-electron chi connectivity index (χ3n) is 5.92. The van der Waals surface area contributed by atoms with Crippen molar-refractivity contribution in [1.82, 2.24) is 0 Å². The molecule has 1 heterocycles. The maximum Gasteiger partial charge on any atom is 0.231 e. The third kappa shape index (κ3) is 5.98. The minimum absolute atomic E-state index is 0. The molecule has 0 bridgehead atoms. The highest BCUT2D eigenvalue weighted by molar-refractivity contribution is 7.80. The molecule has 0 unspecified atom stereocenters. The summed E-state index contributed by atoms with van der Waals surface area (Å²) in [7, 11) is 0. The molecule has 3 aromatic rings. The molecule has 0 atom stereocenters. The number of thiol groups is 1. The Morgan fingerprint density at radius 1 is 0.971 bits per heavy atom. The molecule has 0 radical (unpaired) electrons. The maximum absolute atomic E-state index is 13.2. The molecule has 0 amide bonds. The second kappa shape index (κ2) is 12.0. The molecule has 1 aliphatic heterocycles. The van der Waals surface area contributed by atoms with Crippen LogP contribution in [0.3, 0.4) is 0 Å². The van der Waals surface area contributed by atoms with Gasteiger partial charge in [0.15, 0.2) is 11.5 Å². The van der Waals surface area contributed by atoms with E-state index in [1.54, 1.807) is 0 Å². The van der Waals surface area contributed by atoms with Gasteiger partial charge in [0.25, 0.3) is 0 Å². The third-order valence-corrected chi connectivity index (χ3v) is 6.22. The molecule has 2 aliphatic rings. The number of hydrogen-bond acceptors (Lipinski definition) is 5. The molecule has 1 saturated carbocycles. The SMILES string of the molecule is CCCO.O.O.O=C(Cc1cccc(-c2ccc(S)cc2)c1)C1(c2ccc3c(c2)OCO3)CC1.[HH]. The predicted octanol–water partition coefficient (Wildman–Crippen LogP) is 4.20. The van der Waals surface area contributed by atoms with Crippen LogP contribution in [0.4, 0.5) is 0 Å². The molecule has 1 aliphatic carbocycles. The zero-order valence-corrected chi connectivity index (χ0v) is 20.1. The Labute approximate surface area is 207 Å². The fourth-order valence-electron chi connectivity index (χ4n) is 3.92.